The minimum Gasteiger partial charge on any atom is -0.349 e. The average Bonchev–Trinajstić information content (AvgIpc) is 2.84. The van der Waals surface area contributed by atoms with Crippen LogP contribution in [0, 0.1) is 5.92 Å². The predicted octanol–water partition coefficient (Wildman–Crippen LogP) is 0.754. The molecule has 1 fully saturated rings. The molecular weight excluding hydrogens is 326 g/mol. The van der Waals surface area contributed by atoms with Crippen LogP contribution in [0.3, 0.4) is 0 Å². The predicted molar refractivity (Wildman–Crippen MR) is 88.2 cm³/mol. The second-order valence-corrected chi connectivity index (χ2v) is 7.13. The second kappa shape index (κ2) is 7.92. The Balaban J connectivity index is 0.00000242. The molecule has 5 N–H and O–H groups in total. The van der Waals surface area contributed by atoms with E-state index >= 15 is 0 Å². The number of halogens is 1. The smallest absolute Gasteiger partial charge is 0.251 e. The number of sulfonamides is 1. The minimum absolute atomic E-state index is 0. The highest BCUT2D eigenvalue weighted by atomic mass is 35.5. The number of benzene rings is 1. The lowest BCUT2D eigenvalue weighted by atomic mass is 10.0. The molecule has 0 heterocycles. The Hall–Kier alpha value is -1.15. The Labute approximate surface area is 137 Å². The van der Waals surface area contributed by atoms with Crippen molar-refractivity contribution in [3.8, 4) is 0 Å². The summed E-state index contributed by atoms with van der Waals surface area (Å²) in [6.45, 7) is 0.566. The molecular formula is C14H22ClN3O3S. The summed E-state index contributed by atoms with van der Waals surface area (Å²) in [5, 5.41) is 8.01. The molecule has 124 valence electrons. The monoisotopic (exact) mass is 347 g/mol. The third kappa shape index (κ3) is 5.24. The Kier molecular flexibility index (Phi) is 6.80. The van der Waals surface area contributed by atoms with Gasteiger partial charge in [-0.25, -0.2) is 13.6 Å². The van der Waals surface area contributed by atoms with Gasteiger partial charge in [-0.05, 0) is 43.0 Å². The zero-order valence-electron chi connectivity index (χ0n) is 12.2. The molecule has 2 atom stereocenters. The molecule has 0 saturated heterocycles. The summed E-state index contributed by atoms with van der Waals surface area (Å²) in [4.78, 5) is 12.2. The van der Waals surface area contributed by atoms with E-state index in [1.165, 1.54) is 0 Å². The van der Waals surface area contributed by atoms with Gasteiger partial charge in [0.25, 0.3) is 5.91 Å². The maximum absolute atomic E-state index is 12.2. The number of carbonyl (C=O) groups is 1. The van der Waals surface area contributed by atoms with E-state index in [1.54, 1.807) is 24.3 Å². The lowest BCUT2D eigenvalue weighted by Gasteiger charge is -2.19. The first-order valence-electron chi connectivity index (χ1n) is 6.99. The Morgan fingerprint density at radius 2 is 2.05 bits per heavy atom. The highest BCUT2D eigenvalue weighted by molar-refractivity contribution is 7.88. The van der Waals surface area contributed by atoms with Gasteiger partial charge in [-0.2, -0.15) is 0 Å². The normalized spacial score (nSPS) is 21.2. The number of nitrogens with one attached hydrogen (secondary N) is 1. The van der Waals surface area contributed by atoms with E-state index in [4.69, 9.17) is 10.9 Å². The summed E-state index contributed by atoms with van der Waals surface area (Å²) in [6, 6.07) is 6.62. The second-order valence-electron chi connectivity index (χ2n) is 5.51. The zero-order valence-corrected chi connectivity index (χ0v) is 13.8. The first-order chi connectivity index (χ1) is 9.89. The van der Waals surface area contributed by atoms with Gasteiger partial charge in [0, 0.05) is 11.6 Å². The van der Waals surface area contributed by atoms with Crippen LogP contribution in [0.15, 0.2) is 24.3 Å². The minimum atomic E-state index is -3.60. The number of nitrogens with two attached hydrogens (primary N) is 2. The lowest BCUT2D eigenvalue weighted by molar-refractivity contribution is 0.0928. The van der Waals surface area contributed by atoms with Crippen LogP contribution in [0.2, 0.25) is 0 Å². The van der Waals surface area contributed by atoms with Crippen molar-refractivity contribution in [1.29, 1.82) is 0 Å². The van der Waals surface area contributed by atoms with Gasteiger partial charge in [0.1, 0.15) is 0 Å². The molecule has 1 aromatic carbocycles. The summed E-state index contributed by atoms with van der Waals surface area (Å²) < 4.78 is 22.2. The van der Waals surface area contributed by atoms with Crippen LogP contribution in [0.25, 0.3) is 0 Å². The van der Waals surface area contributed by atoms with Crippen molar-refractivity contribution < 1.29 is 13.2 Å². The van der Waals surface area contributed by atoms with Crippen molar-refractivity contribution in [2.45, 2.75) is 31.1 Å². The molecule has 2 unspecified atom stereocenters. The van der Waals surface area contributed by atoms with Crippen molar-refractivity contribution in [2.75, 3.05) is 6.54 Å². The summed E-state index contributed by atoms with van der Waals surface area (Å²) >= 11 is 0. The van der Waals surface area contributed by atoms with E-state index in [9.17, 15) is 13.2 Å². The zero-order chi connectivity index (χ0) is 15.5. The quantitative estimate of drug-likeness (QED) is 0.729. The Bertz CT molecular complexity index is 622. The van der Waals surface area contributed by atoms with Crippen LogP contribution in [-0.4, -0.2) is 26.9 Å². The number of rotatable bonds is 5. The van der Waals surface area contributed by atoms with Gasteiger partial charge in [-0.15, -0.1) is 12.4 Å². The van der Waals surface area contributed by atoms with Crippen LogP contribution in [0.5, 0.6) is 0 Å². The fourth-order valence-corrected chi connectivity index (χ4v) is 3.44. The third-order valence-corrected chi connectivity index (χ3v) is 4.57. The van der Waals surface area contributed by atoms with E-state index in [2.05, 4.69) is 5.32 Å². The first-order valence-corrected chi connectivity index (χ1v) is 8.71. The third-order valence-electron chi connectivity index (χ3n) is 3.84. The molecule has 0 bridgehead atoms. The maximum atomic E-state index is 12.2. The van der Waals surface area contributed by atoms with Gasteiger partial charge in [0.05, 0.1) is 5.75 Å². The highest BCUT2D eigenvalue weighted by Gasteiger charge is 2.27. The van der Waals surface area contributed by atoms with Crippen LogP contribution in [-0.2, 0) is 15.8 Å². The number of hydrogen-bond acceptors (Lipinski definition) is 4. The molecule has 1 amide bonds. The average molecular weight is 348 g/mol. The van der Waals surface area contributed by atoms with Crippen LogP contribution in [0.1, 0.15) is 35.2 Å². The summed E-state index contributed by atoms with van der Waals surface area (Å²) in [7, 11) is -3.60. The van der Waals surface area contributed by atoms with Gasteiger partial charge in [-0.1, -0.05) is 18.6 Å². The lowest BCUT2D eigenvalue weighted by Crippen LogP contribution is -2.39. The largest absolute Gasteiger partial charge is 0.349 e. The Morgan fingerprint density at radius 3 is 2.68 bits per heavy atom. The fourth-order valence-electron chi connectivity index (χ4n) is 2.80. The van der Waals surface area contributed by atoms with Crippen molar-refractivity contribution in [2.24, 2.45) is 16.8 Å². The SMILES string of the molecule is Cl.NCC1CCCC1NC(=O)c1cccc(CS(N)(=O)=O)c1. The maximum Gasteiger partial charge on any atom is 0.251 e. The molecule has 0 aromatic heterocycles. The van der Waals surface area contributed by atoms with Crippen LogP contribution >= 0.6 is 12.4 Å². The van der Waals surface area contributed by atoms with Crippen molar-refractivity contribution in [1.82, 2.24) is 5.32 Å². The number of carbonyl (C=O) groups excluding carboxylic acids is 1. The topological polar surface area (TPSA) is 115 Å². The molecule has 0 radical (unpaired) electrons. The van der Waals surface area contributed by atoms with Gasteiger partial charge >= 0.3 is 0 Å². The van der Waals surface area contributed by atoms with E-state index in [-0.39, 0.29) is 30.1 Å². The van der Waals surface area contributed by atoms with Crippen molar-refractivity contribution >= 4 is 28.3 Å². The molecule has 6 nitrogen and oxygen atoms in total. The molecule has 1 aromatic rings. The molecule has 8 heteroatoms. The summed E-state index contributed by atoms with van der Waals surface area (Å²) in [5.41, 5.74) is 6.65. The first kappa shape index (κ1) is 18.9. The molecule has 1 aliphatic rings. The fraction of sp³-hybridized carbons (Fsp3) is 0.500. The molecule has 0 aliphatic heterocycles. The highest BCUT2D eigenvalue weighted by Crippen LogP contribution is 2.24. The van der Waals surface area contributed by atoms with E-state index in [0.717, 1.165) is 19.3 Å². The summed E-state index contributed by atoms with van der Waals surface area (Å²) in [6.07, 6.45) is 3.04. The van der Waals surface area contributed by atoms with Crippen LogP contribution in [0.4, 0.5) is 0 Å². The standard InChI is InChI=1S/C14H21N3O3S.ClH/c15-8-12-5-2-6-13(12)17-14(18)11-4-1-3-10(7-11)9-21(16,19)20;/h1,3-4,7,12-13H,2,5-6,8-9,15H2,(H,17,18)(H2,16,19,20);1H. The van der Waals surface area contributed by atoms with Gasteiger partial charge < -0.3 is 11.1 Å². The van der Waals surface area contributed by atoms with Crippen molar-refractivity contribution in [3.05, 3.63) is 35.4 Å². The van der Waals surface area contributed by atoms with Crippen molar-refractivity contribution in [3.63, 3.8) is 0 Å². The molecule has 2 rings (SSSR count). The molecule has 1 saturated carbocycles. The number of amides is 1. The molecule has 22 heavy (non-hydrogen) atoms. The van der Waals surface area contributed by atoms with Gasteiger partial charge in [0.2, 0.25) is 10.0 Å². The molecule has 0 spiro atoms. The van der Waals surface area contributed by atoms with E-state index in [1.807, 2.05) is 0 Å². The van der Waals surface area contributed by atoms with Gasteiger partial charge in [-0.3, -0.25) is 4.79 Å². The Morgan fingerprint density at radius 1 is 1.32 bits per heavy atom. The number of primary sulfonamides is 1. The van der Waals surface area contributed by atoms with Gasteiger partial charge in [0.15, 0.2) is 0 Å². The molecule has 1 aliphatic carbocycles. The van der Waals surface area contributed by atoms with E-state index in [0.29, 0.717) is 23.6 Å². The van der Waals surface area contributed by atoms with Crippen LogP contribution < -0.4 is 16.2 Å². The van der Waals surface area contributed by atoms with E-state index < -0.39 is 10.0 Å². The number of hydrogen-bond donors (Lipinski definition) is 3. The summed E-state index contributed by atoms with van der Waals surface area (Å²) in [5.74, 6) is -0.152.